The number of hydrogen-bond acceptors (Lipinski definition) is 3. The molecule has 0 aliphatic carbocycles. The van der Waals surface area contributed by atoms with Crippen molar-refractivity contribution in [2.45, 2.75) is 13.0 Å². The standard InChI is InChI=1S/C14H14ClN5O/c15-10-1-2-11-12(7-10)19-13(18-11)3-4-17-14(21)8-20-6-5-16-9-20/h1-2,5-7,9H,3-4,8H2,(H,17,21)(H,18,19). The van der Waals surface area contributed by atoms with Crippen LogP contribution in [-0.2, 0) is 17.8 Å². The second kappa shape index (κ2) is 5.97. The number of aromatic nitrogens is 4. The number of amides is 1. The molecule has 7 heteroatoms. The van der Waals surface area contributed by atoms with E-state index in [0.29, 0.717) is 18.0 Å². The highest BCUT2D eigenvalue weighted by atomic mass is 35.5. The van der Waals surface area contributed by atoms with Gasteiger partial charge < -0.3 is 14.9 Å². The van der Waals surface area contributed by atoms with Gasteiger partial charge in [0.2, 0.25) is 5.91 Å². The van der Waals surface area contributed by atoms with Gasteiger partial charge in [0.1, 0.15) is 12.4 Å². The number of benzene rings is 1. The lowest BCUT2D eigenvalue weighted by atomic mass is 10.3. The zero-order chi connectivity index (χ0) is 14.7. The summed E-state index contributed by atoms with van der Waals surface area (Å²) in [6, 6.07) is 5.52. The van der Waals surface area contributed by atoms with E-state index in [1.807, 2.05) is 12.1 Å². The first-order valence-corrected chi connectivity index (χ1v) is 6.95. The second-order valence-corrected chi connectivity index (χ2v) is 5.12. The highest BCUT2D eigenvalue weighted by Gasteiger charge is 2.05. The zero-order valence-electron chi connectivity index (χ0n) is 11.2. The Labute approximate surface area is 126 Å². The van der Waals surface area contributed by atoms with Gasteiger partial charge in [-0.3, -0.25) is 4.79 Å². The molecule has 0 saturated heterocycles. The Morgan fingerprint density at radius 3 is 3.14 bits per heavy atom. The number of H-pyrrole nitrogens is 1. The monoisotopic (exact) mass is 303 g/mol. The molecule has 1 amide bonds. The molecule has 0 bridgehead atoms. The van der Waals surface area contributed by atoms with E-state index in [9.17, 15) is 4.79 Å². The van der Waals surface area contributed by atoms with Gasteiger partial charge in [0.15, 0.2) is 0 Å². The Balaban J connectivity index is 1.53. The van der Waals surface area contributed by atoms with Crippen molar-refractivity contribution in [3.8, 4) is 0 Å². The van der Waals surface area contributed by atoms with Crippen LogP contribution in [0.4, 0.5) is 0 Å². The van der Waals surface area contributed by atoms with Crippen molar-refractivity contribution in [2.75, 3.05) is 6.54 Å². The summed E-state index contributed by atoms with van der Waals surface area (Å²) < 4.78 is 1.72. The lowest BCUT2D eigenvalue weighted by Crippen LogP contribution is -2.29. The minimum atomic E-state index is -0.0489. The van der Waals surface area contributed by atoms with Crippen LogP contribution in [0.1, 0.15) is 5.82 Å². The molecule has 0 aliphatic rings. The van der Waals surface area contributed by atoms with Crippen LogP contribution in [0.25, 0.3) is 11.0 Å². The predicted molar refractivity (Wildman–Crippen MR) is 80.0 cm³/mol. The van der Waals surface area contributed by atoms with E-state index in [0.717, 1.165) is 16.9 Å². The van der Waals surface area contributed by atoms with E-state index in [1.54, 1.807) is 29.4 Å². The molecule has 1 aromatic carbocycles. The number of imidazole rings is 2. The number of nitrogens with one attached hydrogen (secondary N) is 2. The van der Waals surface area contributed by atoms with Crippen LogP contribution in [0.2, 0.25) is 5.02 Å². The fourth-order valence-corrected chi connectivity index (χ4v) is 2.25. The van der Waals surface area contributed by atoms with E-state index < -0.39 is 0 Å². The fraction of sp³-hybridized carbons (Fsp3) is 0.214. The van der Waals surface area contributed by atoms with Crippen molar-refractivity contribution in [1.29, 1.82) is 0 Å². The van der Waals surface area contributed by atoms with Crippen molar-refractivity contribution in [3.63, 3.8) is 0 Å². The zero-order valence-corrected chi connectivity index (χ0v) is 12.0. The number of rotatable bonds is 5. The van der Waals surface area contributed by atoms with Crippen LogP contribution in [0, 0.1) is 0 Å². The summed E-state index contributed by atoms with van der Waals surface area (Å²) in [5, 5.41) is 3.52. The third-order valence-electron chi connectivity index (χ3n) is 3.06. The van der Waals surface area contributed by atoms with Crippen LogP contribution in [0.3, 0.4) is 0 Å². The molecule has 3 rings (SSSR count). The van der Waals surface area contributed by atoms with Crippen molar-refractivity contribution in [1.82, 2.24) is 24.8 Å². The van der Waals surface area contributed by atoms with Gasteiger partial charge in [-0.05, 0) is 18.2 Å². The summed E-state index contributed by atoms with van der Waals surface area (Å²) >= 11 is 5.93. The van der Waals surface area contributed by atoms with Gasteiger partial charge in [-0.1, -0.05) is 11.6 Å². The Morgan fingerprint density at radius 1 is 1.43 bits per heavy atom. The molecule has 0 radical (unpaired) electrons. The molecule has 0 unspecified atom stereocenters. The molecule has 21 heavy (non-hydrogen) atoms. The number of nitrogens with zero attached hydrogens (tertiary/aromatic N) is 3. The minimum absolute atomic E-state index is 0.0489. The van der Waals surface area contributed by atoms with Gasteiger partial charge >= 0.3 is 0 Å². The molecular weight excluding hydrogens is 290 g/mol. The number of hydrogen-bond donors (Lipinski definition) is 2. The second-order valence-electron chi connectivity index (χ2n) is 4.68. The molecule has 0 fully saturated rings. The Hall–Kier alpha value is -2.34. The number of halogens is 1. The molecule has 108 valence electrons. The van der Waals surface area contributed by atoms with Crippen molar-refractivity contribution < 1.29 is 4.79 Å². The van der Waals surface area contributed by atoms with Gasteiger partial charge in [-0.15, -0.1) is 0 Å². The van der Waals surface area contributed by atoms with Crippen LogP contribution in [0.5, 0.6) is 0 Å². The van der Waals surface area contributed by atoms with Gasteiger partial charge in [0, 0.05) is 30.4 Å². The van der Waals surface area contributed by atoms with E-state index in [4.69, 9.17) is 11.6 Å². The van der Waals surface area contributed by atoms with Crippen molar-refractivity contribution >= 4 is 28.5 Å². The summed E-state index contributed by atoms with van der Waals surface area (Å²) in [4.78, 5) is 23.2. The number of carbonyl (C=O) groups excluding carboxylic acids is 1. The maximum atomic E-state index is 11.7. The first-order valence-electron chi connectivity index (χ1n) is 6.57. The van der Waals surface area contributed by atoms with Gasteiger partial charge in [-0.25, -0.2) is 9.97 Å². The van der Waals surface area contributed by atoms with Crippen LogP contribution in [0.15, 0.2) is 36.9 Å². The predicted octanol–water partition coefficient (Wildman–Crippen LogP) is 1.77. The molecule has 2 N–H and O–H groups in total. The fourth-order valence-electron chi connectivity index (χ4n) is 2.08. The normalized spacial score (nSPS) is 10.9. The van der Waals surface area contributed by atoms with E-state index in [-0.39, 0.29) is 12.5 Å². The van der Waals surface area contributed by atoms with Crippen LogP contribution >= 0.6 is 11.6 Å². The van der Waals surface area contributed by atoms with Crippen molar-refractivity contribution in [3.05, 3.63) is 47.8 Å². The highest BCUT2D eigenvalue weighted by Crippen LogP contribution is 2.17. The largest absolute Gasteiger partial charge is 0.354 e. The molecule has 0 spiro atoms. The topological polar surface area (TPSA) is 75.6 Å². The van der Waals surface area contributed by atoms with Gasteiger partial charge in [0.05, 0.1) is 17.4 Å². The van der Waals surface area contributed by atoms with Gasteiger partial charge in [0.25, 0.3) is 0 Å². The average Bonchev–Trinajstić information content (AvgIpc) is 3.07. The Morgan fingerprint density at radius 2 is 2.33 bits per heavy atom. The molecule has 3 aromatic rings. The average molecular weight is 304 g/mol. The lowest BCUT2D eigenvalue weighted by Gasteiger charge is -2.04. The minimum Gasteiger partial charge on any atom is -0.354 e. The van der Waals surface area contributed by atoms with E-state index in [2.05, 4.69) is 20.3 Å². The Kier molecular flexibility index (Phi) is 3.87. The molecule has 0 saturated carbocycles. The van der Waals surface area contributed by atoms with Crippen molar-refractivity contribution in [2.24, 2.45) is 0 Å². The van der Waals surface area contributed by atoms with Gasteiger partial charge in [-0.2, -0.15) is 0 Å². The number of aromatic amines is 1. The lowest BCUT2D eigenvalue weighted by molar-refractivity contribution is -0.121. The third-order valence-corrected chi connectivity index (χ3v) is 3.30. The highest BCUT2D eigenvalue weighted by molar-refractivity contribution is 6.31. The Bertz CT molecular complexity index is 750. The summed E-state index contributed by atoms with van der Waals surface area (Å²) in [5.41, 5.74) is 1.78. The van der Waals surface area contributed by atoms with E-state index in [1.165, 1.54) is 0 Å². The first kappa shape index (κ1) is 13.6. The SMILES string of the molecule is O=C(Cn1ccnc1)NCCc1nc2ccc(Cl)cc2[nH]1. The summed E-state index contributed by atoms with van der Waals surface area (Å²) in [7, 11) is 0. The quantitative estimate of drug-likeness (QED) is 0.754. The molecular formula is C14H14ClN5O. The van der Waals surface area contributed by atoms with E-state index >= 15 is 0 Å². The third kappa shape index (κ3) is 3.41. The molecule has 6 nitrogen and oxygen atoms in total. The van der Waals surface area contributed by atoms with Crippen LogP contribution < -0.4 is 5.32 Å². The molecule has 0 atom stereocenters. The summed E-state index contributed by atoms with van der Waals surface area (Å²) in [5.74, 6) is 0.780. The summed E-state index contributed by atoms with van der Waals surface area (Å²) in [6.45, 7) is 0.802. The first-order chi connectivity index (χ1) is 10.2. The number of fused-ring (bicyclic) bond motifs is 1. The number of carbonyl (C=O) groups is 1. The molecule has 0 aliphatic heterocycles. The maximum absolute atomic E-state index is 11.7. The summed E-state index contributed by atoms with van der Waals surface area (Å²) in [6.07, 6.45) is 5.65. The smallest absolute Gasteiger partial charge is 0.239 e. The van der Waals surface area contributed by atoms with Crippen LogP contribution in [-0.4, -0.2) is 32.0 Å². The molecule has 2 heterocycles. The maximum Gasteiger partial charge on any atom is 0.239 e. The molecule has 2 aromatic heterocycles.